The maximum Gasteiger partial charge on any atom is 0.0465 e. The van der Waals surface area contributed by atoms with Crippen molar-refractivity contribution >= 4 is 27.5 Å². The third-order valence-corrected chi connectivity index (χ3v) is 4.52. The first-order chi connectivity index (χ1) is 10.1. The summed E-state index contributed by atoms with van der Waals surface area (Å²) in [4.78, 5) is 2.51. The van der Waals surface area contributed by atoms with E-state index in [-0.39, 0.29) is 0 Å². The lowest BCUT2D eigenvalue weighted by molar-refractivity contribution is 0.269. The molecule has 0 aliphatic carbocycles. The minimum atomic E-state index is 0.330. The smallest absolute Gasteiger partial charge is 0.0465 e. The van der Waals surface area contributed by atoms with Gasteiger partial charge in [0.25, 0.3) is 0 Å². The number of halogens is 2. The normalized spacial score (nSPS) is 12.9. The zero-order chi connectivity index (χ0) is 15.7. The average molecular weight is 376 g/mol. The summed E-state index contributed by atoms with van der Waals surface area (Å²) in [6, 6.07) is 6.53. The quantitative estimate of drug-likeness (QED) is 0.599. The zero-order valence-corrected chi connectivity index (χ0v) is 15.8. The third-order valence-electron chi connectivity index (χ3n) is 3.70. The summed E-state index contributed by atoms with van der Waals surface area (Å²) in [5.41, 5.74) is 1.21. The molecule has 0 aromatic heterocycles. The number of nitrogens with one attached hydrogen (secondary N) is 1. The Labute approximate surface area is 143 Å². The van der Waals surface area contributed by atoms with E-state index in [9.17, 15) is 0 Å². The maximum atomic E-state index is 6.43. The predicted octanol–water partition coefficient (Wildman–Crippen LogP) is 5.27. The molecule has 0 radical (unpaired) electrons. The molecule has 1 N–H and O–H groups in total. The van der Waals surface area contributed by atoms with Crippen LogP contribution in [0.2, 0.25) is 5.02 Å². The highest BCUT2D eigenvalue weighted by atomic mass is 79.9. The van der Waals surface area contributed by atoms with Crippen LogP contribution in [-0.2, 0) is 0 Å². The van der Waals surface area contributed by atoms with Crippen LogP contribution in [0.15, 0.2) is 22.7 Å². The summed E-state index contributed by atoms with van der Waals surface area (Å²) in [7, 11) is 0. The van der Waals surface area contributed by atoms with Crippen LogP contribution in [-0.4, -0.2) is 31.1 Å². The number of rotatable bonds is 10. The van der Waals surface area contributed by atoms with Crippen molar-refractivity contribution in [3.05, 3.63) is 33.3 Å². The molecule has 0 spiro atoms. The molecule has 0 heterocycles. The van der Waals surface area contributed by atoms with Crippen molar-refractivity contribution in [2.45, 2.75) is 46.1 Å². The Bertz CT molecular complexity index is 412. The van der Waals surface area contributed by atoms with Crippen LogP contribution in [0.25, 0.3) is 0 Å². The third kappa shape index (κ3) is 6.68. The molecule has 1 atom stereocenters. The molecule has 2 nitrogen and oxygen atoms in total. The van der Waals surface area contributed by atoms with Gasteiger partial charge in [-0.25, -0.2) is 0 Å². The van der Waals surface area contributed by atoms with Crippen LogP contribution in [0.1, 0.15) is 51.6 Å². The predicted molar refractivity (Wildman–Crippen MR) is 97.2 cm³/mol. The van der Waals surface area contributed by atoms with Gasteiger partial charge in [0.2, 0.25) is 0 Å². The lowest BCUT2D eigenvalue weighted by atomic mass is 10.0. The Morgan fingerprint density at radius 2 is 1.95 bits per heavy atom. The first-order valence-electron chi connectivity index (χ1n) is 8.03. The second-order valence-corrected chi connectivity index (χ2v) is 6.72. The van der Waals surface area contributed by atoms with Crippen molar-refractivity contribution in [2.75, 3.05) is 26.2 Å². The summed E-state index contributed by atoms with van der Waals surface area (Å²) in [6.45, 7) is 11.1. The van der Waals surface area contributed by atoms with E-state index in [4.69, 9.17) is 11.6 Å². The van der Waals surface area contributed by atoms with Gasteiger partial charge in [-0.1, -0.05) is 54.4 Å². The van der Waals surface area contributed by atoms with E-state index in [1.165, 1.54) is 18.5 Å². The Balaban J connectivity index is 2.74. The summed E-state index contributed by atoms with van der Waals surface area (Å²) in [5.74, 6) is 0. The second kappa shape index (κ2) is 10.6. The van der Waals surface area contributed by atoms with Crippen molar-refractivity contribution in [3.63, 3.8) is 0 Å². The highest BCUT2D eigenvalue weighted by Gasteiger charge is 2.15. The Morgan fingerprint density at radius 1 is 1.19 bits per heavy atom. The molecule has 0 amide bonds. The van der Waals surface area contributed by atoms with Gasteiger partial charge in [-0.3, -0.25) is 0 Å². The molecule has 1 aromatic rings. The molecule has 0 fully saturated rings. The van der Waals surface area contributed by atoms with Gasteiger partial charge < -0.3 is 10.2 Å². The maximum absolute atomic E-state index is 6.43. The van der Waals surface area contributed by atoms with Gasteiger partial charge in [0.1, 0.15) is 0 Å². The topological polar surface area (TPSA) is 15.3 Å². The molecule has 1 unspecified atom stereocenters. The minimum Gasteiger partial charge on any atom is -0.310 e. The largest absolute Gasteiger partial charge is 0.310 e. The number of nitrogens with zero attached hydrogens (tertiary/aromatic N) is 1. The van der Waals surface area contributed by atoms with E-state index in [1.807, 2.05) is 6.07 Å². The van der Waals surface area contributed by atoms with Gasteiger partial charge in [-0.05, 0) is 63.1 Å². The molecule has 1 aromatic carbocycles. The van der Waals surface area contributed by atoms with Gasteiger partial charge in [-0.15, -0.1) is 0 Å². The molecular formula is C17H28BrClN2. The lowest BCUT2D eigenvalue weighted by Gasteiger charge is -2.25. The van der Waals surface area contributed by atoms with E-state index >= 15 is 0 Å². The molecule has 1 rings (SSSR count). The van der Waals surface area contributed by atoms with Gasteiger partial charge in [0, 0.05) is 15.5 Å². The molecular weight excluding hydrogens is 348 g/mol. The SMILES string of the molecule is CCCNC(CCN(CC)CCC)c1ccc(Br)cc1Cl. The summed E-state index contributed by atoms with van der Waals surface area (Å²) >= 11 is 9.91. The van der Waals surface area contributed by atoms with Crippen molar-refractivity contribution in [2.24, 2.45) is 0 Å². The lowest BCUT2D eigenvalue weighted by Crippen LogP contribution is -2.30. The van der Waals surface area contributed by atoms with Crippen LogP contribution in [0.3, 0.4) is 0 Å². The second-order valence-electron chi connectivity index (χ2n) is 5.40. The van der Waals surface area contributed by atoms with Gasteiger partial charge in [0.05, 0.1) is 0 Å². The molecule has 4 heteroatoms. The highest BCUT2D eigenvalue weighted by Crippen LogP contribution is 2.28. The molecule has 0 aliphatic rings. The fourth-order valence-electron chi connectivity index (χ4n) is 2.53. The van der Waals surface area contributed by atoms with E-state index in [1.54, 1.807) is 0 Å². The van der Waals surface area contributed by atoms with Crippen LogP contribution in [0, 0.1) is 0 Å². The average Bonchev–Trinajstić information content (AvgIpc) is 2.47. The standard InChI is InChI=1S/C17H28BrClN2/c1-4-10-20-17(9-12-21(6-3)11-5-2)15-8-7-14(18)13-16(15)19/h7-8,13,17,20H,4-6,9-12H2,1-3H3. The van der Waals surface area contributed by atoms with Crippen molar-refractivity contribution < 1.29 is 0 Å². The molecule has 0 aliphatic heterocycles. The number of benzene rings is 1. The first-order valence-corrected chi connectivity index (χ1v) is 9.20. The fourth-order valence-corrected chi connectivity index (χ4v) is 3.33. The summed E-state index contributed by atoms with van der Waals surface area (Å²) < 4.78 is 1.03. The van der Waals surface area contributed by atoms with Crippen molar-refractivity contribution in [1.82, 2.24) is 10.2 Å². The van der Waals surface area contributed by atoms with Gasteiger partial charge in [-0.2, -0.15) is 0 Å². The number of hydrogen-bond donors (Lipinski definition) is 1. The minimum absolute atomic E-state index is 0.330. The highest BCUT2D eigenvalue weighted by molar-refractivity contribution is 9.10. The van der Waals surface area contributed by atoms with Crippen LogP contribution in [0.5, 0.6) is 0 Å². The van der Waals surface area contributed by atoms with Crippen LogP contribution >= 0.6 is 27.5 Å². The molecule has 120 valence electrons. The van der Waals surface area contributed by atoms with Crippen LogP contribution in [0.4, 0.5) is 0 Å². The monoisotopic (exact) mass is 374 g/mol. The fraction of sp³-hybridized carbons (Fsp3) is 0.647. The zero-order valence-electron chi connectivity index (χ0n) is 13.5. The first kappa shape index (κ1) is 19.0. The summed E-state index contributed by atoms with van der Waals surface area (Å²) in [6.07, 6.45) is 3.44. The Kier molecular flexibility index (Phi) is 9.57. The summed E-state index contributed by atoms with van der Waals surface area (Å²) in [5, 5.41) is 4.49. The molecule has 0 saturated carbocycles. The van der Waals surface area contributed by atoms with Gasteiger partial charge in [0.15, 0.2) is 0 Å². The number of hydrogen-bond acceptors (Lipinski definition) is 2. The Morgan fingerprint density at radius 3 is 2.52 bits per heavy atom. The van der Waals surface area contributed by atoms with E-state index in [0.717, 1.165) is 42.0 Å². The van der Waals surface area contributed by atoms with E-state index < -0.39 is 0 Å². The van der Waals surface area contributed by atoms with E-state index in [2.05, 4.69) is 59.1 Å². The molecule has 0 bridgehead atoms. The van der Waals surface area contributed by atoms with Crippen LogP contribution < -0.4 is 5.32 Å². The van der Waals surface area contributed by atoms with E-state index in [0.29, 0.717) is 6.04 Å². The van der Waals surface area contributed by atoms with Crippen molar-refractivity contribution in [1.29, 1.82) is 0 Å². The Hall–Kier alpha value is -0.0900. The molecule has 0 saturated heterocycles. The van der Waals surface area contributed by atoms with Gasteiger partial charge >= 0.3 is 0 Å². The van der Waals surface area contributed by atoms with Crippen molar-refractivity contribution in [3.8, 4) is 0 Å². The molecule has 21 heavy (non-hydrogen) atoms.